The molecule has 0 atom stereocenters. The number of hydrogen-bond acceptors (Lipinski definition) is 2. The van der Waals surface area contributed by atoms with Crippen molar-refractivity contribution >= 4 is 27.3 Å². The quantitative estimate of drug-likeness (QED) is 0.838. The van der Waals surface area contributed by atoms with Gasteiger partial charge in [-0.25, -0.2) is 0 Å². The van der Waals surface area contributed by atoms with Crippen molar-refractivity contribution in [3.8, 4) is 0 Å². The first-order chi connectivity index (χ1) is 7.93. The third-order valence-corrected chi connectivity index (χ3v) is 3.64. The molecule has 0 bridgehead atoms. The predicted octanol–water partition coefficient (Wildman–Crippen LogP) is 3.44. The number of hydrogen-bond donors (Lipinski definition) is 0. The molecule has 0 aromatic carbocycles. The van der Waals surface area contributed by atoms with Gasteiger partial charge in [-0.15, -0.1) is 0 Å². The van der Waals surface area contributed by atoms with Crippen LogP contribution >= 0.6 is 15.9 Å². The first-order valence-electron chi connectivity index (χ1n) is 5.88. The molecular weight excluding hydrogens is 280 g/mol. The first-order valence-corrected chi connectivity index (χ1v) is 6.67. The SMILES string of the molecule is CCn1ncc(Br)c1C1=CC(=O)CC(C)(C)C1. The van der Waals surface area contributed by atoms with Gasteiger partial charge in [0.15, 0.2) is 5.78 Å². The zero-order valence-electron chi connectivity index (χ0n) is 10.5. The van der Waals surface area contributed by atoms with Crippen molar-refractivity contribution in [3.05, 3.63) is 22.4 Å². The summed E-state index contributed by atoms with van der Waals surface area (Å²) in [6.45, 7) is 7.14. The van der Waals surface area contributed by atoms with Crippen LogP contribution in [-0.2, 0) is 11.3 Å². The van der Waals surface area contributed by atoms with Crippen LogP contribution in [0.2, 0.25) is 0 Å². The lowest BCUT2D eigenvalue weighted by Crippen LogP contribution is -2.22. The summed E-state index contributed by atoms with van der Waals surface area (Å²) in [5, 5.41) is 4.30. The van der Waals surface area contributed by atoms with Crippen LogP contribution in [0, 0.1) is 5.41 Å². The van der Waals surface area contributed by atoms with E-state index in [2.05, 4.69) is 41.8 Å². The number of halogens is 1. The highest BCUT2D eigenvalue weighted by molar-refractivity contribution is 9.10. The van der Waals surface area contributed by atoms with Gasteiger partial charge in [-0.2, -0.15) is 5.10 Å². The third-order valence-electron chi connectivity index (χ3n) is 3.06. The number of carbonyl (C=O) groups is 1. The van der Waals surface area contributed by atoms with Crippen LogP contribution in [0.3, 0.4) is 0 Å². The Hall–Kier alpha value is -0.900. The number of aromatic nitrogens is 2. The van der Waals surface area contributed by atoms with Gasteiger partial charge in [0, 0.05) is 13.0 Å². The van der Waals surface area contributed by atoms with Gasteiger partial charge in [0.1, 0.15) is 0 Å². The summed E-state index contributed by atoms with van der Waals surface area (Å²) in [4.78, 5) is 11.8. The fourth-order valence-electron chi connectivity index (χ4n) is 2.42. The number of rotatable bonds is 2. The monoisotopic (exact) mass is 296 g/mol. The molecule has 0 saturated carbocycles. The van der Waals surface area contributed by atoms with Crippen molar-refractivity contribution in [1.82, 2.24) is 9.78 Å². The fraction of sp³-hybridized carbons (Fsp3) is 0.538. The molecule has 0 amide bonds. The summed E-state index contributed by atoms with van der Waals surface area (Å²) in [5.74, 6) is 0.215. The van der Waals surface area contributed by atoms with Gasteiger partial charge >= 0.3 is 0 Å². The average molecular weight is 297 g/mol. The van der Waals surface area contributed by atoms with Gasteiger partial charge < -0.3 is 0 Å². The number of nitrogens with zero attached hydrogens (tertiary/aromatic N) is 2. The Morgan fingerprint density at radius 1 is 1.47 bits per heavy atom. The van der Waals surface area contributed by atoms with E-state index in [9.17, 15) is 4.79 Å². The van der Waals surface area contributed by atoms with E-state index in [0.29, 0.717) is 6.42 Å². The molecule has 0 radical (unpaired) electrons. The Labute approximate surface area is 110 Å². The highest BCUT2D eigenvalue weighted by atomic mass is 79.9. The molecule has 1 aliphatic carbocycles. The Kier molecular flexibility index (Phi) is 3.25. The highest BCUT2D eigenvalue weighted by Gasteiger charge is 2.30. The van der Waals surface area contributed by atoms with Crippen molar-refractivity contribution in [2.45, 2.75) is 40.2 Å². The maximum absolute atomic E-state index is 11.8. The molecule has 17 heavy (non-hydrogen) atoms. The summed E-state index contributed by atoms with van der Waals surface area (Å²) in [6, 6.07) is 0. The van der Waals surface area contributed by atoms with E-state index in [-0.39, 0.29) is 11.2 Å². The molecule has 1 aliphatic rings. The zero-order valence-corrected chi connectivity index (χ0v) is 12.0. The minimum Gasteiger partial charge on any atom is -0.295 e. The first kappa shape index (κ1) is 12.6. The smallest absolute Gasteiger partial charge is 0.156 e. The largest absolute Gasteiger partial charge is 0.295 e. The Balaban J connectivity index is 2.46. The second-order valence-electron chi connectivity index (χ2n) is 5.31. The number of carbonyl (C=O) groups excluding carboxylic acids is 1. The number of aryl methyl sites for hydroxylation is 1. The second kappa shape index (κ2) is 4.41. The van der Waals surface area contributed by atoms with Crippen molar-refractivity contribution in [3.63, 3.8) is 0 Å². The molecule has 0 fully saturated rings. The highest BCUT2D eigenvalue weighted by Crippen LogP contribution is 2.39. The van der Waals surface area contributed by atoms with Gasteiger partial charge in [0.2, 0.25) is 0 Å². The van der Waals surface area contributed by atoms with Gasteiger partial charge in [0.25, 0.3) is 0 Å². The lowest BCUT2D eigenvalue weighted by molar-refractivity contribution is -0.116. The minimum atomic E-state index is 0.0451. The van der Waals surface area contributed by atoms with Crippen LogP contribution in [-0.4, -0.2) is 15.6 Å². The topological polar surface area (TPSA) is 34.9 Å². The van der Waals surface area contributed by atoms with E-state index in [1.165, 1.54) is 0 Å². The molecule has 92 valence electrons. The van der Waals surface area contributed by atoms with Crippen LogP contribution in [0.4, 0.5) is 0 Å². The normalized spacial score (nSPS) is 19.3. The second-order valence-corrected chi connectivity index (χ2v) is 6.16. The maximum Gasteiger partial charge on any atom is 0.156 e. The molecule has 0 N–H and O–H groups in total. The minimum absolute atomic E-state index is 0.0451. The molecule has 0 aliphatic heterocycles. The molecular formula is C13H17BrN2O. The predicted molar refractivity (Wildman–Crippen MR) is 71.6 cm³/mol. The summed E-state index contributed by atoms with van der Waals surface area (Å²) < 4.78 is 2.90. The third kappa shape index (κ3) is 2.51. The standard InChI is InChI=1S/C13H17BrN2O/c1-4-16-12(11(14)8-15-16)9-5-10(17)7-13(2,3)6-9/h5,8H,4,6-7H2,1-3H3. The van der Waals surface area contributed by atoms with Crippen LogP contribution in [0.1, 0.15) is 39.3 Å². The van der Waals surface area contributed by atoms with Crippen molar-refractivity contribution in [2.24, 2.45) is 5.41 Å². The van der Waals surface area contributed by atoms with Crippen LogP contribution in [0.5, 0.6) is 0 Å². The molecule has 2 rings (SSSR count). The van der Waals surface area contributed by atoms with E-state index in [0.717, 1.165) is 28.7 Å². The molecule has 1 aromatic rings. The van der Waals surface area contributed by atoms with Crippen LogP contribution in [0.15, 0.2) is 16.7 Å². The lowest BCUT2D eigenvalue weighted by atomic mass is 9.76. The average Bonchev–Trinajstić information content (AvgIpc) is 2.56. The lowest BCUT2D eigenvalue weighted by Gasteiger charge is -2.29. The van der Waals surface area contributed by atoms with Gasteiger partial charge in [-0.05, 0) is 46.3 Å². The molecule has 4 heteroatoms. The van der Waals surface area contributed by atoms with Crippen molar-refractivity contribution in [2.75, 3.05) is 0 Å². The Morgan fingerprint density at radius 2 is 2.18 bits per heavy atom. The van der Waals surface area contributed by atoms with Gasteiger partial charge in [-0.1, -0.05) is 13.8 Å². The Morgan fingerprint density at radius 3 is 2.76 bits per heavy atom. The number of allylic oxidation sites excluding steroid dienone is 2. The number of ketones is 1. The van der Waals surface area contributed by atoms with Gasteiger partial charge in [0.05, 0.1) is 16.4 Å². The van der Waals surface area contributed by atoms with E-state index in [1.807, 2.05) is 4.68 Å². The van der Waals surface area contributed by atoms with E-state index in [1.54, 1.807) is 12.3 Å². The van der Waals surface area contributed by atoms with Gasteiger partial charge in [-0.3, -0.25) is 9.48 Å². The van der Waals surface area contributed by atoms with E-state index in [4.69, 9.17) is 0 Å². The molecule has 0 saturated heterocycles. The van der Waals surface area contributed by atoms with Crippen molar-refractivity contribution < 1.29 is 4.79 Å². The van der Waals surface area contributed by atoms with Crippen LogP contribution in [0.25, 0.3) is 5.57 Å². The zero-order chi connectivity index (χ0) is 12.6. The molecule has 0 spiro atoms. The summed E-state index contributed by atoms with van der Waals surface area (Å²) in [7, 11) is 0. The van der Waals surface area contributed by atoms with E-state index >= 15 is 0 Å². The molecule has 3 nitrogen and oxygen atoms in total. The molecule has 0 unspecified atom stereocenters. The fourth-order valence-corrected chi connectivity index (χ4v) is 2.97. The molecule has 1 heterocycles. The maximum atomic E-state index is 11.8. The Bertz CT molecular complexity index is 486. The summed E-state index contributed by atoms with van der Waals surface area (Å²) in [5.41, 5.74) is 2.19. The van der Waals surface area contributed by atoms with Crippen molar-refractivity contribution in [1.29, 1.82) is 0 Å². The summed E-state index contributed by atoms with van der Waals surface area (Å²) in [6.07, 6.45) is 5.13. The summed E-state index contributed by atoms with van der Waals surface area (Å²) >= 11 is 3.52. The van der Waals surface area contributed by atoms with E-state index < -0.39 is 0 Å². The molecule has 1 aromatic heterocycles. The van der Waals surface area contributed by atoms with Crippen LogP contribution < -0.4 is 0 Å².